The van der Waals surface area contributed by atoms with Gasteiger partial charge in [-0.2, -0.15) is 0 Å². The maximum Gasteiger partial charge on any atom is 0.277 e. The molecule has 2 heterocycles. The molecule has 1 aliphatic heterocycles. The molecule has 0 bridgehead atoms. The van der Waals surface area contributed by atoms with Gasteiger partial charge in [-0.15, -0.1) is 17.5 Å². The molecule has 0 aliphatic carbocycles. The van der Waals surface area contributed by atoms with Crippen LogP contribution in [0, 0.1) is 0 Å². The number of hydrogen-bond donors (Lipinski definition) is 3. The Hall–Kier alpha value is -2.45. The smallest absolute Gasteiger partial charge is 0.277 e. The van der Waals surface area contributed by atoms with E-state index in [1.54, 1.807) is 35.1 Å². The maximum atomic E-state index is 12.4. The summed E-state index contributed by atoms with van der Waals surface area (Å²) in [5, 5.41) is 17.2. The standard InChI is InChI=1S/C20H28N6O2.ClH/c1-4-20(2,3)23-18(27)14-5-7-15(8-6-14)22-19(28)17-13-26(25-24-17)16-9-11-21-12-10-16;/h5-8,13,16,21H,4,9-12H2,1-3H3,(H,22,28)(H,23,27);1H. The minimum Gasteiger partial charge on any atom is -0.347 e. The molecular weight excluding hydrogens is 392 g/mol. The summed E-state index contributed by atoms with van der Waals surface area (Å²) in [6.07, 6.45) is 4.48. The molecule has 0 radical (unpaired) electrons. The average molecular weight is 421 g/mol. The molecule has 1 saturated heterocycles. The van der Waals surface area contributed by atoms with Crippen LogP contribution >= 0.6 is 12.4 Å². The number of rotatable bonds is 6. The van der Waals surface area contributed by atoms with Crippen molar-refractivity contribution in [3.05, 3.63) is 41.7 Å². The third kappa shape index (κ3) is 6.01. The van der Waals surface area contributed by atoms with Crippen LogP contribution in [0.4, 0.5) is 5.69 Å². The number of anilines is 1. The Kier molecular flexibility index (Phi) is 7.75. The highest BCUT2D eigenvalue weighted by Gasteiger charge is 2.20. The molecule has 29 heavy (non-hydrogen) atoms. The van der Waals surface area contributed by atoms with Crippen molar-refractivity contribution < 1.29 is 9.59 Å². The van der Waals surface area contributed by atoms with E-state index in [4.69, 9.17) is 0 Å². The lowest BCUT2D eigenvalue weighted by molar-refractivity contribution is 0.0911. The molecule has 0 unspecified atom stereocenters. The van der Waals surface area contributed by atoms with Crippen molar-refractivity contribution in [3.63, 3.8) is 0 Å². The van der Waals surface area contributed by atoms with Crippen LogP contribution in [0.15, 0.2) is 30.5 Å². The third-order valence-electron chi connectivity index (χ3n) is 5.17. The lowest BCUT2D eigenvalue weighted by atomic mass is 10.0. The first kappa shape index (κ1) is 22.8. The van der Waals surface area contributed by atoms with E-state index in [0.717, 1.165) is 32.4 Å². The van der Waals surface area contributed by atoms with E-state index in [1.165, 1.54) is 0 Å². The van der Waals surface area contributed by atoms with E-state index in [-0.39, 0.29) is 41.5 Å². The predicted octanol–water partition coefficient (Wildman–Crippen LogP) is 2.80. The number of aromatic nitrogens is 3. The Bertz CT molecular complexity index is 828. The molecule has 9 heteroatoms. The van der Waals surface area contributed by atoms with Crippen molar-refractivity contribution in [2.45, 2.75) is 51.6 Å². The monoisotopic (exact) mass is 420 g/mol. The van der Waals surface area contributed by atoms with Crippen LogP contribution in [-0.4, -0.2) is 45.4 Å². The molecule has 0 atom stereocenters. The fraction of sp³-hybridized carbons (Fsp3) is 0.500. The number of halogens is 1. The van der Waals surface area contributed by atoms with Crippen molar-refractivity contribution in [2.24, 2.45) is 0 Å². The van der Waals surface area contributed by atoms with Crippen molar-refractivity contribution in [1.82, 2.24) is 25.6 Å². The lowest BCUT2D eigenvalue weighted by Crippen LogP contribution is -2.42. The Morgan fingerprint density at radius 2 is 1.83 bits per heavy atom. The Balaban J connectivity index is 0.00000300. The second-order valence-corrected chi connectivity index (χ2v) is 7.79. The minimum absolute atomic E-state index is 0. The van der Waals surface area contributed by atoms with Gasteiger partial charge in [0.25, 0.3) is 11.8 Å². The first-order valence-corrected chi connectivity index (χ1v) is 9.74. The van der Waals surface area contributed by atoms with Gasteiger partial charge in [0.2, 0.25) is 0 Å². The molecule has 0 saturated carbocycles. The molecule has 1 fully saturated rings. The highest BCUT2D eigenvalue weighted by Crippen LogP contribution is 2.18. The summed E-state index contributed by atoms with van der Waals surface area (Å²) in [5.41, 5.74) is 1.18. The van der Waals surface area contributed by atoms with Crippen LogP contribution in [0.2, 0.25) is 0 Å². The molecule has 1 aliphatic rings. The Labute approximate surface area is 177 Å². The molecule has 8 nitrogen and oxygen atoms in total. The quantitative estimate of drug-likeness (QED) is 0.667. The summed E-state index contributed by atoms with van der Waals surface area (Å²) in [4.78, 5) is 24.7. The number of benzene rings is 1. The van der Waals surface area contributed by atoms with Crippen molar-refractivity contribution in [1.29, 1.82) is 0 Å². The van der Waals surface area contributed by atoms with Gasteiger partial charge in [0.1, 0.15) is 0 Å². The van der Waals surface area contributed by atoms with E-state index in [9.17, 15) is 9.59 Å². The number of carbonyl (C=O) groups excluding carboxylic acids is 2. The second kappa shape index (κ2) is 9.84. The van der Waals surface area contributed by atoms with Crippen LogP contribution in [0.1, 0.15) is 66.9 Å². The third-order valence-corrected chi connectivity index (χ3v) is 5.17. The summed E-state index contributed by atoms with van der Waals surface area (Å²) in [6, 6.07) is 7.09. The van der Waals surface area contributed by atoms with Gasteiger partial charge in [-0.25, -0.2) is 4.68 Å². The molecule has 3 N–H and O–H groups in total. The topological polar surface area (TPSA) is 101 Å². The molecule has 1 aromatic heterocycles. The zero-order valence-electron chi connectivity index (χ0n) is 17.1. The van der Waals surface area contributed by atoms with E-state index >= 15 is 0 Å². The zero-order chi connectivity index (χ0) is 20.1. The number of piperidine rings is 1. The fourth-order valence-corrected chi connectivity index (χ4v) is 3.00. The number of hydrogen-bond acceptors (Lipinski definition) is 5. The van der Waals surface area contributed by atoms with Crippen LogP contribution in [0.3, 0.4) is 0 Å². The number of carbonyl (C=O) groups is 2. The number of nitrogens with one attached hydrogen (secondary N) is 3. The van der Waals surface area contributed by atoms with Gasteiger partial charge in [0.05, 0.1) is 12.2 Å². The molecule has 2 amide bonds. The molecule has 3 rings (SSSR count). The van der Waals surface area contributed by atoms with Crippen molar-refractivity contribution in [3.8, 4) is 0 Å². The van der Waals surface area contributed by atoms with Gasteiger partial charge in [-0.3, -0.25) is 9.59 Å². The average Bonchev–Trinajstić information content (AvgIpc) is 3.19. The van der Waals surface area contributed by atoms with Crippen LogP contribution in [0.25, 0.3) is 0 Å². The number of amides is 2. The highest BCUT2D eigenvalue weighted by atomic mass is 35.5. The van der Waals surface area contributed by atoms with Crippen LogP contribution in [-0.2, 0) is 0 Å². The first-order chi connectivity index (χ1) is 13.4. The van der Waals surface area contributed by atoms with E-state index in [2.05, 4.69) is 26.3 Å². The maximum absolute atomic E-state index is 12.4. The summed E-state index contributed by atoms with van der Waals surface area (Å²) in [6.45, 7) is 7.88. The van der Waals surface area contributed by atoms with E-state index in [0.29, 0.717) is 11.3 Å². The second-order valence-electron chi connectivity index (χ2n) is 7.79. The summed E-state index contributed by atoms with van der Waals surface area (Å²) in [5.74, 6) is -0.445. The summed E-state index contributed by atoms with van der Waals surface area (Å²) >= 11 is 0. The van der Waals surface area contributed by atoms with E-state index in [1.807, 2.05) is 20.8 Å². The summed E-state index contributed by atoms with van der Waals surface area (Å²) < 4.78 is 1.78. The van der Waals surface area contributed by atoms with Crippen molar-refractivity contribution >= 4 is 29.9 Å². The van der Waals surface area contributed by atoms with Gasteiger partial charge in [-0.1, -0.05) is 12.1 Å². The predicted molar refractivity (Wildman–Crippen MR) is 115 cm³/mol. The van der Waals surface area contributed by atoms with Crippen LogP contribution < -0.4 is 16.0 Å². The van der Waals surface area contributed by atoms with Gasteiger partial charge in [0.15, 0.2) is 5.69 Å². The molecule has 1 aromatic carbocycles. The van der Waals surface area contributed by atoms with Gasteiger partial charge < -0.3 is 16.0 Å². The molecular formula is C20H29ClN6O2. The van der Waals surface area contributed by atoms with E-state index < -0.39 is 0 Å². The van der Waals surface area contributed by atoms with Crippen molar-refractivity contribution in [2.75, 3.05) is 18.4 Å². The molecule has 2 aromatic rings. The molecule has 158 valence electrons. The largest absolute Gasteiger partial charge is 0.347 e. The highest BCUT2D eigenvalue weighted by molar-refractivity contribution is 6.03. The van der Waals surface area contributed by atoms with Gasteiger partial charge in [0, 0.05) is 16.8 Å². The lowest BCUT2D eigenvalue weighted by Gasteiger charge is -2.24. The first-order valence-electron chi connectivity index (χ1n) is 9.74. The SMILES string of the molecule is CCC(C)(C)NC(=O)c1ccc(NC(=O)c2cn(C3CCNCC3)nn2)cc1.Cl. The van der Waals surface area contributed by atoms with Crippen LogP contribution in [0.5, 0.6) is 0 Å². The normalized spacial score (nSPS) is 14.7. The zero-order valence-corrected chi connectivity index (χ0v) is 17.9. The molecule has 0 spiro atoms. The van der Waals surface area contributed by atoms with Gasteiger partial charge >= 0.3 is 0 Å². The Morgan fingerprint density at radius 1 is 1.17 bits per heavy atom. The fourth-order valence-electron chi connectivity index (χ4n) is 3.00. The Morgan fingerprint density at radius 3 is 2.45 bits per heavy atom. The minimum atomic E-state index is -0.315. The summed E-state index contributed by atoms with van der Waals surface area (Å²) in [7, 11) is 0. The number of nitrogens with zero attached hydrogens (tertiary/aromatic N) is 3. The van der Waals surface area contributed by atoms with Gasteiger partial charge in [-0.05, 0) is 70.5 Å².